The summed E-state index contributed by atoms with van der Waals surface area (Å²) in [5.74, 6) is -3.15. The van der Waals surface area contributed by atoms with Crippen molar-refractivity contribution in [3.8, 4) is 11.5 Å². The van der Waals surface area contributed by atoms with Gasteiger partial charge in [0.15, 0.2) is 11.5 Å². The van der Waals surface area contributed by atoms with Crippen molar-refractivity contribution in [3.63, 3.8) is 0 Å². The lowest BCUT2D eigenvalue weighted by Crippen LogP contribution is -2.30. The predicted molar refractivity (Wildman–Crippen MR) is 115 cm³/mol. The van der Waals surface area contributed by atoms with Crippen LogP contribution in [0.4, 0.5) is 13.2 Å². The average molecular weight is 444 g/mol. The lowest BCUT2D eigenvalue weighted by Gasteiger charge is -2.41. The lowest BCUT2D eigenvalue weighted by atomic mass is 9.64. The van der Waals surface area contributed by atoms with Gasteiger partial charge in [-0.15, -0.1) is 6.58 Å². The molecular formula is C26H27F3O3. The third-order valence-corrected chi connectivity index (χ3v) is 7.11. The Bertz CT molecular complexity index is 1020. The zero-order valence-corrected chi connectivity index (χ0v) is 18.1. The maximum absolute atomic E-state index is 14.8. The van der Waals surface area contributed by atoms with Crippen molar-refractivity contribution >= 4 is 5.97 Å². The van der Waals surface area contributed by atoms with Gasteiger partial charge in [0.1, 0.15) is 5.82 Å². The molecule has 0 bridgehead atoms. The maximum atomic E-state index is 14.8. The SMILES string of the molecule is C=CC1CCC2CC(c3ccc(C(=O)Oc4ccc(OC)c(F)c4F)c(F)c3)CCC2C1. The van der Waals surface area contributed by atoms with Crippen molar-refractivity contribution in [2.75, 3.05) is 7.11 Å². The fourth-order valence-electron chi connectivity index (χ4n) is 5.30. The van der Waals surface area contributed by atoms with Gasteiger partial charge in [-0.1, -0.05) is 12.1 Å². The van der Waals surface area contributed by atoms with E-state index >= 15 is 0 Å². The van der Waals surface area contributed by atoms with Crippen LogP contribution in [0, 0.1) is 35.2 Å². The summed E-state index contributed by atoms with van der Waals surface area (Å²) < 4.78 is 52.3. The van der Waals surface area contributed by atoms with Crippen LogP contribution in [-0.2, 0) is 0 Å². The molecule has 3 nitrogen and oxygen atoms in total. The van der Waals surface area contributed by atoms with Crippen molar-refractivity contribution in [2.45, 2.75) is 44.4 Å². The molecule has 2 aliphatic rings. The molecule has 2 aromatic carbocycles. The summed E-state index contributed by atoms with van der Waals surface area (Å²) in [7, 11) is 1.19. The minimum atomic E-state index is -1.36. The molecule has 2 fully saturated rings. The number of carbonyl (C=O) groups excluding carboxylic acids is 1. The van der Waals surface area contributed by atoms with Crippen LogP contribution in [0.3, 0.4) is 0 Å². The first-order chi connectivity index (χ1) is 15.4. The van der Waals surface area contributed by atoms with Gasteiger partial charge in [-0.3, -0.25) is 0 Å². The monoisotopic (exact) mass is 444 g/mol. The molecule has 2 saturated carbocycles. The smallest absolute Gasteiger partial charge is 0.346 e. The van der Waals surface area contributed by atoms with Crippen molar-refractivity contribution < 1.29 is 27.4 Å². The Morgan fingerprint density at radius 2 is 1.66 bits per heavy atom. The van der Waals surface area contributed by atoms with Crippen LogP contribution in [0.15, 0.2) is 43.0 Å². The van der Waals surface area contributed by atoms with Gasteiger partial charge in [-0.2, -0.15) is 8.78 Å². The molecule has 4 unspecified atom stereocenters. The summed E-state index contributed by atoms with van der Waals surface area (Å²) >= 11 is 0. The summed E-state index contributed by atoms with van der Waals surface area (Å²) in [6, 6.07) is 6.69. The third kappa shape index (κ3) is 4.41. The Morgan fingerprint density at radius 3 is 2.38 bits per heavy atom. The van der Waals surface area contributed by atoms with E-state index in [0.29, 0.717) is 17.8 Å². The number of ether oxygens (including phenoxy) is 2. The van der Waals surface area contributed by atoms with Crippen molar-refractivity contribution in [1.29, 1.82) is 0 Å². The van der Waals surface area contributed by atoms with E-state index in [0.717, 1.165) is 37.0 Å². The van der Waals surface area contributed by atoms with E-state index in [4.69, 9.17) is 4.74 Å². The van der Waals surface area contributed by atoms with E-state index in [-0.39, 0.29) is 17.2 Å². The minimum Gasteiger partial charge on any atom is -0.494 e. The highest BCUT2D eigenvalue weighted by molar-refractivity contribution is 5.91. The highest BCUT2D eigenvalue weighted by atomic mass is 19.2. The minimum absolute atomic E-state index is 0.254. The van der Waals surface area contributed by atoms with E-state index < -0.39 is 29.2 Å². The second-order valence-corrected chi connectivity index (χ2v) is 8.86. The molecule has 170 valence electrons. The summed E-state index contributed by atoms with van der Waals surface area (Å²) in [5, 5.41) is 0. The fourth-order valence-corrected chi connectivity index (χ4v) is 5.30. The highest BCUT2D eigenvalue weighted by Gasteiger charge is 2.35. The first-order valence-corrected chi connectivity index (χ1v) is 11.1. The number of carbonyl (C=O) groups is 1. The molecule has 4 rings (SSSR count). The first-order valence-electron chi connectivity index (χ1n) is 11.1. The number of esters is 1. The highest BCUT2D eigenvalue weighted by Crippen LogP contribution is 2.47. The lowest BCUT2D eigenvalue weighted by molar-refractivity contribution is 0.0721. The predicted octanol–water partition coefficient (Wildman–Crippen LogP) is 6.82. The molecule has 0 heterocycles. The van der Waals surface area contributed by atoms with E-state index in [2.05, 4.69) is 17.4 Å². The Balaban J connectivity index is 1.45. The quantitative estimate of drug-likeness (QED) is 0.288. The molecule has 0 aliphatic heterocycles. The van der Waals surface area contributed by atoms with Gasteiger partial charge < -0.3 is 9.47 Å². The van der Waals surface area contributed by atoms with Crippen LogP contribution in [0.25, 0.3) is 0 Å². The van der Waals surface area contributed by atoms with Crippen LogP contribution < -0.4 is 9.47 Å². The fraction of sp³-hybridized carbons (Fsp3) is 0.423. The largest absolute Gasteiger partial charge is 0.494 e. The topological polar surface area (TPSA) is 35.5 Å². The molecule has 0 saturated heterocycles. The molecule has 6 heteroatoms. The van der Waals surface area contributed by atoms with E-state index in [1.807, 2.05) is 0 Å². The summed E-state index contributed by atoms with van der Waals surface area (Å²) in [6.07, 6.45) is 8.74. The second kappa shape index (κ2) is 9.39. The first kappa shape index (κ1) is 22.4. The number of rotatable bonds is 5. The van der Waals surface area contributed by atoms with E-state index in [1.54, 1.807) is 6.07 Å². The summed E-state index contributed by atoms with van der Waals surface area (Å²) in [6.45, 7) is 3.94. The number of halogens is 3. The third-order valence-electron chi connectivity index (χ3n) is 7.11. The van der Waals surface area contributed by atoms with Gasteiger partial charge in [-0.25, -0.2) is 9.18 Å². The molecule has 4 atom stereocenters. The van der Waals surface area contributed by atoms with Crippen molar-refractivity contribution in [2.24, 2.45) is 17.8 Å². The summed E-state index contributed by atoms with van der Waals surface area (Å²) in [5.41, 5.74) is 0.551. The number of hydrogen-bond donors (Lipinski definition) is 0. The van der Waals surface area contributed by atoms with Crippen LogP contribution in [0.1, 0.15) is 60.4 Å². The molecule has 2 aromatic rings. The van der Waals surface area contributed by atoms with Crippen LogP contribution >= 0.6 is 0 Å². The van der Waals surface area contributed by atoms with Crippen LogP contribution in [-0.4, -0.2) is 13.1 Å². The normalized spacial score (nSPS) is 25.0. The molecular weight excluding hydrogens is 417 g/mol. The van der Waals surface area contributed by atoms with E-state index in [9.17, 15) is 18.0 Å². The molecule has 32 heavy (non-hydrogen) atoms. The summed E-state index contributed by atoms with van der Waals surface area (Å²) in [4.78, 5) is 12.4. The standard InChI is InChI=1S/C26H27F3O3/c1-3-15-4-5-17-13-18(7-6-16(17)12-15)19-8-9-20(21(27)14-19)26(30)32-23-11-10-22(31-2)24(28)25(23)29/h3,8-11,14-18H,1,4-7,12-13H2,2H3. The second-order valence-electron chi connectivity index (χ2n) is 8.86. The maximum Gasteiger partial charge on any atom is 0.346 e. The van der Waals surface area contributed by atoms with Gasteiger partial charge >= 0.3 is 5.97 Å². The van der Waals surface area contributed by atoms with Crippen molar-refractivity contribution in [3.05, 3.63) is 71.6 Å². The Labute approximate surface area is 186 Å². The Morgan fingerprint density at radius 1 is 0.969 bits per heavy atom. The van der Waals surface area contributed by atoms with Crippen LogP contribution in [0.2, 0.25) is 0 Å². The van der Waals surface area contributed by atoms with Crippen LogP contribution in [0.5, 0.6) is 11.5 Å². The number of methoxy groups -OCH3 is 1. The molecule has 0 radical (unpaired) electrons. The van der Waals surface area contributed by atoms with Gasteiger partial charge in [0.25, 0.3) is 0 Å². The molecule has 0 spiro atoms. The van der Waals surface area contributed by atoms with Gasteiger partial charge in [0.2, 0.25) is 11.6 Å². The number of fused-ring (bicyclic) bond motifs is 1. The zero-order chi connectivity index (χ0) is 22.8. The van der Waals surface area contributed by atoms with Crippen molar-refractivity contribution in [1.82, 2.24) is 0 Å². The Hall–Kier alpha value is -2.76. The van der Waals surface area contributed by atoms with Gasteiger partial charge in [-0.05, 0) is 92.0 Å². The number of benzene rings is 2. The van der Waals surface area contributed by atoms with Gasteiger partial charge in [0.05, 0.1) is 12.7 Å². The zero-order valence-electron chi connectivity index (χ0n) is 18.1. The molecule has 0 amide bonds. The van der Waals surface area contributed by atoms with E-state index in [1.165, 1.54) is 38.5 Å². The molecule has 0 aromatic heterocycles. The average Bonchev–Trinajstić information content (AvgIpc) is 2.81. The number of allylic oxidation sites excluding steroid dienone is 1. The molecule has 2 aliphatic carbocycles. The number of hydrogen-bond acceptors (Lipinski definition) is 3. The van der Waals surface area contributed by atoms with Gasteiger partial charge in [0, 0.05) is 0 Å². The molecule has 0 N–H and O–H groups in total. The Kier molecular flexibility index (Phi) is 6.58.